The monoisotopic (exact) mass is 489 g/mol. The SMILES string of the molecule is Nc1nc2ncn(CCCCn3c[n+]([C@@H]4O[C@H](CO)[C@@H](O)[C@H]4O)c4nc(N)[nH]c(=O)c43)c2c(=O)[nH]1. The number of hydrogen-bond donors (Lipinski definition) is 7. The molecule has 0 unspecified atom stereocenters. The van der Waals surface area contributed by atoms with Gasteiger partial charge in [-0.15, -0.1) is 0 Å². The number of nitrogens with one attached hydrogen (secondary N) is 2. The lowest BCUT2D eigenvalue weighted by Gasteiger charge is -2.12. The van der Waals surface area contributed by atoms with Gasteiger partial charge in [-0.05, 0) is 12.8 Å². The van der Waals surface area contributed by atoms with Crippen molar-refractivity contribution in [2.45, 2.75) is 50.5 Å². The van der Waals surface area contributed by atoms with Crippen LogP contribution in [-0.2, 0) is 17.8 Å². The van der Waals surface area contributed by atoms with E-state index in [2.05, 4.69) is 24.9 Å². The Kier molecular flexibility index (Phi) is 5.72. The third-order valence-corrected chi connectivity index (χ3v) is 6.03. The molecule has 16 heteroatoms. The highest BCUT2D eigenvalue weighted by molar-refractivity contribution is 5.70. The first-order chi connectivity index (χ1) is 16.8. The average molecular weight is 489 g/mol. The van der Waals surface area contributed by atoms with Crippen LogP contribution in [0.2, 0.25) is 0 Å². The lowest BCUT2D eigenvalue weighted by Crippen LogP contribution is -2.46. The number of unbranched alkanes of at least 4 members (excludes halogenated alkanes) is 1. The van der Waals surface area contributed by atoms with Crippen molar-refractivity contribution < 1.29 is 24.6 Å². The lowest BCUT2D eigenvalue weighted by molar-refractivity contribution is -0.746. The van der Waals surface area contributed by atoms with Crippen LogP contribution in [0.5, 0.6) is 0 Å². The van der Waals surface area contributed by atoms with Crippen LogP contribution < -0.4 is 27.2 Å². The average Bonchev–Trinajstić information content (AvgIpc) is 3.46. The van der Waals surface area contributed by atoms with Crippen molar-refractivity contribution in [3.63, 3.8) is 0 Å². The van der Waals surface area contributed by atoms with Gasteiger partial charge in [0.15, 0.2) is 17.5 Å². The quantitative estimate of drug-likeness (QED) is 0.100. The minimum Gasteiger partial charge on any atom is -0.394 e. The fourth-order valence-corrected chi connectivity index (χ4v) is 4.38. The molecule has 1 aliphatic rings. The van der Waals surface area contributed by atoms with Crippen molar-refractivity contribution >= 4 is 34.2 Å². The minimum absolute atomic E-state index is 0.00537. The van der Waals surface area contributed by atoms with Crippen molar-refractivity contribution in [1.82, 2.24) is 34.1 Å². The number of imidazole rings is 2. The van der Waals surface area contributed by atoms with E-state index in [-0.39, 0.29) is 34.3 Å². The molecule has 35 heavy (non-hydrogen) atoms. The molecule has 1 aliphatic heterocycles. The number of nitrogens with two attached hydrogens (primary N) is 2. The second kappa shape index (κ2) is 8.73. The van der Waals surface area contributed by atoms with Gasteiger partial charge in [-0.1, -0.05) is 4.98 Å². The van der Waals surface area contributed by atoms with Crippen LogP contribution in [0.25, 0.3) is 22.3 Å². The van der Waals surface area contributed by atoms with E-state index in [4.69, 9.17) is 16.2 Å². The van der Waals surface area contributed by atoms with E-state index in [9.17, 15) is 24.9 Å². The van der Waals surface area contributed by atoms with Gasteiger partial charge in [-0.2, -0.15) is 4.98 Å². The number of aliphatic hydroxyl groups excluding tert-OH is 3. The molecule has 0 aromatic carbocycles. The summed E-state index contributed by atoms with van der Waals surface area (Å²) in [6, 6.07) is 0. The maximum Gasteiger partial charge on any atom is 0.313 e. The van der Waals surface area contributed by atoms with Gasteiger partial charge in [0.2, 0.25) is 17.7 Å². The molecule has 5 heterocycles. The van der Waals surface area contributed by atoms with Gasteiger partial charge in [0.25, 0.3) is 17.1 Å². The Hall–Kier alpha value is -3.86. The molecular weight excluding hydrogens is 464 g/mol. The molecule has 4 aromatic rings. The fraction of sp³-hybridized carbons (Fsp3) is 0.474. The van der Waals surface area contributed by atoms with Crippen LogP contribution in [0.1, 0.15) is 19.1 Å². The lowest BCUT2D eigenvalue weighted by atomic mass is 10.1. The highest BCUT2D eigenvalue weighted by Crippen LogP contribution is 2.26. The number of aromatic amines is 2. The number of rotatable bonds is 7. The Balaban J connectivity index is 1.38. The van der Waals surface area contributed by atoms with Crippen molar-refractivity contribution in [1.29, 1.82) is 0 Å². The van der Waals surface area contributed by atoms with Gasteiger partial charge >= 0.3 is 5.65 Å². The van der Waals surface area contributed by atoms with E-state index in [0.29, 0.717) is 31.4 Å². The Labute approximate surface area is 195 Å². The standard InChI is InChI=1S/C19H24N10O6/c20-18-23-13-9(15(33)25-18)27(6-22-13)3-1-2-4-28-7-29(14-10(28)16(34)26-19(21)24-14)17-12(32)11(31)8(5-30)35-17/h6-8,11-12,17,30-32H,1-5H2,(H5-,20,21,23,24,25,26,33,34)/p+1/t8-,11-,12-,17-/m1/s1. The third-order valence-electron chi connectivity index (χ3n) is 6.03. The van der Waals surface area contributed by atoms with Gasteiger partial charge in [0, 0.05) is 6.54 Å². The zero-order chi connectivity index (χ0) is 24.9. The van der Waals surface area contributed by atoms with Crippen LogP contribution in [0.4, 0.5) is 11.9 Å². The summed E-state index contributed by atoms with van der Waals surface area (Å²) in [6.45, 7) is 0.375. The summed E-state index contributed by atoms with van der Waals surface area (Å²) in [7, 11) is 0. The van der Waals surface area contributed by atoms with Crippen molar-refractivity contribution in [2.75, 3.05) is 18.1 Å². The largest absolute Gasteiger partial charge is 0.394 e. The molecule has 9 N–H and O–H groups in total. The molecule has 1 saturated heterocycles. The van der Waals surface area contributed by atoms with Crippen LogP contribution in [0.3, 0.4) is 0 Å². The van der Waals surface area contributed by atoms with Gasteiger partial charge in [0.05, 0.1) is 19.5 Å². The molecular formula is C19H25N10O6+. The normalized spacial score (nSPS) is 22.5. The Morgan fingerprint density at radius 3 is 2.34 bits per heavy atom. The molecule has 0 bridgehead atoms. The summed E-state index contributed by atoms with van der Waals surface area (Å²) in [5.41, 5.74) is 11.4. The summed E-state index contributed by atoms with van der Waals surface area (Å²) in [5.74, 6) is -0.124. The summed E-state index contributed by atoms with van der Waals surface area (Å²) in [5, 5.41) is 30.0. The molecule has 1 fully saturated rings. The number of ether oxygens (including phenoxy) is 1. The second-order valence-corrected chi connectivity index (χ2v) is 8.34. The summed E-state index contributed by atoms with van der Waals surface area (Å²) >= 11 is 0. The smallest absolute Gasteiger partial charge is 0.313 e. The molecule has 5 rings (SSSR count). The topological polar surface area (TPSA) is 240 Å². The zero-order valence-corrected chi connectivity index (χ0v) is 18.4. The van der Waals surface area contributed by atoms with E-state index >= 15 is 0 Å². The second-order valence-electron chi connectivity index (χ2n) is 8.34. The molecule has 0 saturated carbocycles. The molecule has 186 valence electrons. The summed E-state index contributed by atoms with van der Waals surface area (Å²) < 4.78 is 10.4. The predicted octanol–water partition coefficient (Wildman–Crippen LogP) is -3.30. The zero-order valence-electron chi connectivity index (χ0n) is 18.4. The maximum absolute atomic E-state index is 12.7. The predicted molar refractivity (Wildman–Crippen MR) is 120 cm³/mol. The first kappa shape index (κ1) is 22.9. The Bertz CT molecular complexity index is 1510. The maximum atomic E-state index is 12.7. The van der Waals surface area contributed by atoms with Crippen LogP contribution in [0.15, 0.2) is 22.2 Å². The minimum atomic E-state index is -1.35. The molecule has 0 amide bonds. The number of H-pyrrole nitrogens is 2. The van der Waals surface area contributed by atoms with Gasteiger partial charge in [-0.3, -0.25) is 24.1 Å². The van der Waals surface area contributed by atoms with E-state index in [1.807, 2.05) is 0 Å². The van der Waals surface area contributed by atoms with Crippen LogP contribution in [-0.4, -0.2) is 74.3 Å². The number of hydrogen-bond acceptors (Lipinski definition) is 11. The molecule has 0 spiro atoms. The van der Waals surface area contributed by atoms with Crippen LogP contribution >= 0.6 is 0 Å². The molecule has 16 nitrogen and oxygen atoms in total. The van der Waals surface area contributed by atoms with E-state index in [1.165, 1.54) is 10.9 Å². The van der Waals surface area contributed by atoms with E-state index in [0.717, 1.165) is 0 Å². The van der Waals surface area contributed by atoms with Crippen molar-refractivity contribution in [3.05, 3.63) is 33.4 Å². The van der Waals surface area contributed by atoms with Crippen LogP contribution in [0, 0.1) is 0 Å². The Morgan fingerprint density at radius 2 is 1.66 bits per heavy atom. The van der Waals surface area contributed by atoms with Crippen molar-refractivity contribution in [2.24, 2.45) is 0 Å². The molecule has 4 atom stereocenters. The van der Waals surface area contributed by atoms with Gasteiger partial charge < -0.3 is 36.1 Å². The fourth-order valence-electron chi connectivity index (χ4n) is 4.38. The van der Waals surface area contributed by atoms with E-state index < -0.39 is 36.7 Å². The molecule has 0 aliphatic carbocycles. The highest BCUT2D eigenvalue weighted by atomic mass is 16.6. The number of anilines is 2. The third kappa shape index (κ3) is 3.91. The van der Waals surface area contributed by atoms with Gasteiger partial charge in [-0.25, -0.2) is 9.55 Å². The van der Waals surface area contributed by atoms with Gasteiger partial charge in [0.1, 0.15) is 18.3 Å². The number of aliphatic hydroxyl groups is 3. The van der Waals surface area contributed by atoms with E-state index in [1.54, 1.807) is 15.5 Å². The number of nitrogens with zero attached hydrogens (tertiary/aromatic N) is 6. The summed E-state index contributed by atoms with van der Waals surface area (Å²) in [4.78, 5) is 42.1. The number of fused-ring (bicyclic) bond motifs is 2. The van der Waals surface area contributed by atoms with Crippen molar-refractivity contribution in [3.8, 4) is 0 Å². The summed E-state index contributed by atoms with van der Waals surface area (Å²) in [6.07, 6.45) is -0.433. The number of aryl methyl sites for hydroxylation is 2. The first-order valence-electron chi connectivity index (χ1n) is 10.9. The first-order valence-corrected chi connectivity index (χ1v) is 10.9. The number of nitrogen functional groups attached to an aromatic ring is 2. The Morgan fingerprint density at radius 1 is 1.00 bits per heavy atom. The number of aromatic nitrogens is 8. The highest BCUT2D eigenvalue weighted by Gasteiger charge is 2.46. The molecule has 4 aromatic heterocycles. The molecule has 0 radical (unpaired) electrons.